The van der Waals surface area contributed by atoms with Gasteiger partial charge in [0, 0.05) is 18.7 Å². The molecule has 0 unspecified atom stereocenters. The quantitative estimate of drug-likeness (QED) is 0.333. The number of hydrogen-bond donors (Lipinski definition) is 3. The Morgan fingerprint density at radius 1 is 1.24 bits per heavy atom. The smallest absolute Gasteiger partial charge is 0.248 e. The third-order valence-corrected chi connectivity index (χ3v) is 5.02. The van der Waals surface area contributed by atoms with Crippen LogP contribution in [0, 0.1) is 5.41 Å². The Morgan fingerprint density at radius 2 is 1.96 bits per heavy atom. The van der Waals surface area contributed by atoms with Crippen LogP contribution in [0.1, 0.15) is 61.9 Å². The molecule has 1 aliphatic rings. The van der Waals surface area contributed by atoms with Crippen LogP contribution >= 0.6 is 24.0 Å². The van der Waals surface area contributed by atoms with E-state index in [9.17, 15) is 4.79 Å². The molecular formula is C19H31IN4O. The molecule has 0 aromatic heterocycles. The number of nitrogens with zero attached hydrogens (tertiary/aromatic N) is 1. The van der Waals surface area contributed by atoms with Gasteiger partial charge in [0.25, 0.3) is 0 Å². The van der Waals surface area contributed by atoms with Crippen LogP contribution in [0.25, 0.3) is 0 Å². The molecule has 0 spiro atoms. The first kappa shape index (κ1) is 21.7. The highest BCUT2D eigenvalue weighted by atomic mass is 127. The topological polar surface area (TPSA) is 79.5 Å². The lowest BCUT2D eigenvalue weighted by atomic mass is 9.83. The third kappa shape index (κ3) is 6.49. The number of aliphatic imine (C=N–C) groups is 1. The van der Waals surface area contributed by atoms with Crippen molar-refractivity contribution in [1.29, 1.82) is 0 Å². The van der Waals surface area contributed by atoms with E-state index in [4.69, 9.17) is 5.73 Å². The number of amides is 1. The summed E-state index contributed by atoms with van der Waals surface area (Å²) in [5.74, 6) is 0.429. The van der Waals surface area contributed by atoms with E-state index < -0.39 is 5.91 Å². The van der Waals surface area contributed by atoms with E-state index in [1.165, 1.54) is 32.1 Å². The van der Waals surface area contributed by atoms with Crippen molar-refractivity contribution in [2.24, 2.45) is 16.1 Å². The fourth-order valence-electron chi connectivity index (χ4n) is 3.39. The summed E-state index contributed by atoms with van der Waals surface area (Å²) < 4.78 is 0. The number of benzene rings is 1. The molecule has 0 bridgehead atoms. The van der Waals surface area contributed by atoms with E-state index in [1.807, 2.05) is 12.1 Å². The van der Waals surface area contributed by atoms with Gasteiger partial charge in [-0.25, -0.2) is 4.99 Å². The number of halogens is 1. The molecule has 0 radical (unpaired) electrons. The molecular weight excluding hydrogens is 427 g/mol. The van der Waals surface area contributed by atoms with Gasteiger partial charge < -0.3 is 16.4 Å². The van der Waals surface area contributed by atoms with E-state index in [1.54, 1.807) is 12.1 Å². The number of carbonyl (C=O) groups excluding carboxylic acids is 1. The van der Waals surface area contributed by atoms with Gasteiger partial charge in [0.15, 0.2) is 5.96 Å². The molecule has 6 heteroatoms. The minimum absolute atomic E-state index is 0. The Hall–Kier alpha value is -1.31. The first-order valence-corrected chi connectivity index (χ1v) is 8.99. The Morgan fingerprint density at radius 3 is 2.56 bits per heavy atom. The predicted octanol–water partition coefficient (Wildman–Crippen LogP) is 3.43. The van der Waals surface area contributed by atoms with Crippen molar-refractivity contribution in [2.45, 2.75) is 52.5 Å². The van der Waals surface area contributed by atoms with E-state index in [0.717, 1.165) is 24.6 Å². The van der Waals surface area contributed by atoms with Crippen molar-refractivity contribution >= 4 is 35.8 Å². The van der Waals surface area contributed by atoms with Gasteiger partial charge in [0.1, 0.15) is 0 Å². The van der Waals surface area contributed by atoms with Gasteiger partial charge in [0.05, 0.1) is 6.54 Å². The van der Waals surface area contributed by atoms with Crippen LogP contribution < -0.4 is 16.4 Å². The Bertz CT molecular complexity index is 583. The second-order valence-corrected chi connectivity index (χ2v) is 6.67. The third-order valence-electron chi connectivity index (χ3n) is 5.02. The largest absolute Gasteiger partial charge is 0.366 e. The monoisotopic (exact) mass is 458 g/mol. The van der Waals surface area contributed by atoms with Gasteiger partial charge >= 0.3 is 0 Å². The van der Waals surface area contributed by atoms with Gasteiger partial charge in [-0.3, -0.25) is 4.79 Å². The fraction of sp³-hybridized carbons (Fsp3) is 0.579. The van der Waals surface area contributed by atoms with Crippen LogP contribution in [-0.2, 0) is 6.54 Å². The van der Waals surface area contributed by atoms with Crippen LogP contribution in [-0.4, -0.2) is 25.0 Å². The molecule has 140 valence electrons. The average molecular weight is 458 g/mol. The highest BCUT2D eigenvalue weighted by molar-refractivity contribution is 14.0. The molecule has 0 aliphatic heterocycles. The number of carbonyl (C=O) groups is 1. The zero-order valence-electron chi connectivity index (χ0n) is 15.3. The van der Waals surface area contributed by atoms with E-state index in [0.29, 0.717) is 17.5 Å². The molecule has 1 saturated carbocycles. The summed E-state index contributed by atoms with van der Waals surface area (Å²) in [5.41, 5.74) is 7.26. The van der Waals surface area contributed by atoms with Gasteiger partial charge in [-0.05, 0) is 49.3 Å². The van der Waals surface area contributed by atoms with Crippen molar-refractivity contribution in [3.05, 3.63) is 35.4 Å². The summed E-state index contributed by atoms with van der Waals surface area (Å²) >= 11 is 0. The van der Waals surface area contributed by atoms with E-state index >= 15 is 0 Å². The molecule has 0 atom stereocenters. The lowest BCUT2D eigenvalue weighted by Crippen LogP contribution is -2.42. The summed E-state index contributed by atoms with van der Waals surface area (Å²) in [4.78, 5) is 15.9. The first-order chi connectivity index (χ1) is 11.6. The highest BCUT2D eigenvalue weighted by Crippen LogP contribution is 2.40. The number of hydrogen-bond acceptors (Lipinski definition) is 2. The van der Waals surface area contributed by atoms with Crippen LogP contribution in [0.4, 0.5) is 0 Å². The second kappa shape index (κ2) is 10.6. The molecule has 0 saturated heterocycles. The molecule has 5 nitrogen and oxygen atoms in total. The molecule has 1 aromatic carbocycles. The number of guanidine groups is 1. The van der Waals surface area contributed by atoms with Crippen molar-refractivity contribution < 1.29 is 4.79 Å². The second-order valence-electron chi connectivity index (χ2n) is 6.67. The molecule has 25 heavy (non-hydrogen) atoms. The maximum absolute atomic E-state index is 11.3. The lowest BCUT2D eigenvalue weighted by Gasteiger charge is -2.28. The van der Waals surface area contributed by atoms with Gasteiger partial charge in [-0.15, -0.1) is 24.0 Å². The number of primary amides is 1. The summed E-state index contributed by atoms with van der Waals surface area (Å²) in [6.07, 6.45) is 6.49. The Labute approximate surface area is 168 Å². The van der Waals surface area contributed by atoms with Crippen LogP contribution in [0.15, 0.2) is 29.3 Å². The van der Waals surface area contributed by atoms with Crippen LogP contribution in [0.5, 0.6) is 0 Å². The van der Waals surface area contributed by atoms with Crippen molar-refractivity contribution in [3.63, 3.8) is 0 Å². The summed E-state index contributed by atoms with van der Waals surface area (Å²) in [6, 6.07) is 7.34. The zero-order chi connectivity index (χ0) is 17.4. The molecule has 1 aliphatic carbocycles. The first-order valence-electron chi connectivity index (χ1n) is 8.99. The Kier molecular flexibility index (Phi) is 9.24. The van der Waals surface area contributed by atoms with E-state index in [-0.39, 0.29) is 24.0 Å². The summed E-state index contributed by atoms with van der Waals surface area (Å²) in [7, 11) is 0. The van der Waals surface area contributed by atoms with Gasteiger partial charge in [-0.2, -0.15) is 0 Å². The van der Waals surface area contributed by atoms with Crippen molar-refractivity contribution in [2.75, 3.05) is 13.1 Å². The summed E-state index contributed by atoms with van der Waals surface area (Å²) in [5, 5.41) is 6.81. The molecule has 4 N–H and O–H groups in total. The maximum atomic E-state index is 11.3. The molecule has 1 fully saturated rings. The predicted molar refractivity (Wildman–Crippen MR) is 114 cm³/mol. The van der Waals surface area contributed by atoms with Gasteiger partial charge in [-0.1, -0.05) is 31.9 Å². The highest BCUT2D eigenvalue weighted by Gasteiger charge is 2.31. The zero-order valence-corrected chi connectivity index (χ0v) is 17.6. The number of rotatable bonds is 7. The molecule has 1 amide bonds. The minimum Gasteiger partial charge on any atom is -0.366 e. The van der Waals surface area contributed by atoms with Gasteiger partial charge in [0.2, 0.25) is 5.91 Å². The fourth-order valence-corrected chi connectivity index (χ4v) is 3.39. The normalized spacial score (nSPS) is 16.2. The SMILES string of the molecule is CCNC(=NCc1cccc(C(N)=O)c1)NCC1(CC)CCCC1.I. The van der Waals surface area contributed by atoms with Crippen LogP contribution in [0.2, 0.25) is 0 Å². The lowest BCUT2D eigenvalue weighted by molar-refractivity contribution is 0.1000. The average Bonchev–Trinajstić information content (AvgIpc) is 3.07. The van der Waals surface area contributed by atoms with Crippen molar-refractivity contribution in [1.82, 2.24) is 10.6 Å². The minimum atomic E-state index is -0.406. The van der Waals surface area contributed by atoms with Crippen molar-refractivity contribution in [3.8, 4) is 0 Å². The van der Waals surface area contributed by atoms with E-state index in [2.05, 4.69) is 29.5 Å². The summed E-state index contributed by atoms with van der Waals surface area (Å²) in [6.45, 7) is 6.67. The number of nitrogens with two attached hydrogens (primary N) is 1. The Balaban J connectivity index is 0.00000312. The standard InChI is InChI=1S/C19H30N4O.HI/c1-3-19(10-5-6-11-19)14-23-18(21-4-2)22-13-15-8-7-9-16(12-15)17(20)24;/h7-9,12H,3-6,10-11,13-14H2,1-2H3,(H2,20,24)(H2,21,22,23);1H. The number of nitrogens with one attached hydrogen (secondary N) is 2. The molecule has 0 heterocycles. The molecule has 1 aromatic rings. The molecule has 2 rings (SSSR count). The maximum Gasteiger partial charge on any atom is 0.248 e. The van der Waals surface area contributed by atoms with Crippen LogP contribution in [0.3, 0.4) is 0 Å².